The summed E-state index contributed by atoms with van der Waals surface area (Å²) in [5, 5.41) is 8.55. The normalized spacial score (nSPS) is 10.6. The molecule has 0 saturated carbocycles. The number of nitrogens with zero attached hydrogens (tertiary/aromatic N) is 2. The summed E-state index contributed by atoms with van der Waals surface area (Å²) in [6, 6.07) is 1.21. The maximum absolute atomic E-state index is 12.1. The van der Waals surface area contributed by atoms with E-state index in [4.69, 9.17) is 10.8 Å². The van der Waals surface area contributed by atoms with Gasteiger partial charge in [-0.1, -0.05) is 13.3 Å². The summed E-state index contributed by atoms with van der Waals surface area (Å²) in [6.07, 6.45) is 1.86. The fourth-order valence-corrected chi connectivity index (χ4v) is 1.77. The van der Waals surface area contributed by atoms with Gasteiger partial charge in [0.1, 0.15) is 5.82 Å². The van der Waals surface area contributed by atoms with Crippen LogP contribution in [0.15, 0.2) is 15.7 Å². The van der Waals surface area contributed by atoms with Crippen LogP contribution in [0.3, 0.4) is 0 Å². The maximum Gasteiger partial charge on any atom is 0.332 e. The molecular weight excluding hydrogens is 250 g/mol. The predicted octanol–water partition coefficient (Wildman–Crippen LogP) is 0.257. The van der Waals surface area contributed by atoms with Crippen molar-refractivity contribution in [2.45, 2.75) is 45.7 Å². The molecule has 0 aromatic carbocycles. The topological polar surface area (TPSA) is 107 Å². The van der Waals surface area contributed by atoms with Crippen molar-refractivity contribution < 1.29 is 9.90 Å². The Labute approximate surface area is 110 Å². The molecule has 1 heterocycles. The second-order valence-electron chi connectivity index (χ2n) is 4.34. The van der Waals surface area contributed by atoms with Crippen LogP contribution in [0.4, 0.5) is 5.82 Å². The summed E-state index contributed by atoms with van der Waals surface area (Å²) in [4.78, 5) is 34.2. The van der Waals surface area contributed by atoms with Gasteiger partial charge in [0.05, 0.1) is 0 Å². The van der Waals surface area contributed by atoms with Crippen LogP contribution >= 0.6 is 0 Å². The largest absolute Gasteiger partial charge is 0.481 e. The molecule has 0 bridgehead atoms. The zero-order chi connectivity index (χ0) is 14.4. The van der Waals surface area contributed by atoms with Crippen molar-refractivity contribution in [3.63, 3.8) is 0 Å². The number of nitrogen functional groups attached to an aromatic ring is 1. The van der Waals surface area contributed by atoms with Gasteiger partial charge in [-0.3, -0.25) is 18.7 Å². The van der Waals surface area contributed by atoms with Gasteiger partial charge in [0.25, 0.3) is 5.56 Å². The van der Waals surface area contributed by atoms with Crippen LogP contribution in [0.5, 0.6) is 0 Å². The number of unbranched alkanes of at least 4 members (excludes halogenated alkanes) is 1. The van der Waals surface area contributed by atoms with Gasteiger partial charge in [-0.15, -0.1) is 0 Å². The lowest BCUT2D eigenvalue weighted by Gasteiger charge is -2.12. The minimum Gasteiger partial charge on any atom is -0.481 e. The zero-order valence-corrected chi connectivity index (χ0v) is 11.0. The monoisotopic (exact) mass is 269 g/mol. The Hall–Kier alpha value is -2.05. The van der Waals surface area contributed by atoms with E-state index < -0.39 is 17.2 Å². The summed E-state index contributed by atoms with van der Waals surface area (Å²) in [6.45, 7) is 2.54. The quantitative estimate of drug-likeness (QED) is 0.738. The molecule has 0 radical (unpaired) electrons. The Balaban J connectivity index is 3.00. The second-order valence-corrected chi connectivity index (χ2v) is 4.34. The van der Waals surface area contributed by atoms with Gasteiger partial charge in [-0.05, 0) is 12.8 Å². The third kappa shape index (κ3) is 3.97. The van der Waals surface area contributed by atoms with E-state index in [1.807, 2.05) is 6.92 Å². The first-order valence-electron chi connectivity index (χ1n) is 6.29. The van der Waals surface area contributed by atoms with Gasteiger partial charge in [0.2, 0.25) is 0 Å². The molecule has 1 aromatic rings. The van der Waals surface area contributed by atoms with E-state index in [9.17, 15) is 14.4 Å². The second kappa shape index (κ2) is 6.77. The Morgan fingerprint density at radius 2 is 1.89 bits per heavy atom. The van der Waals surface area contributed by atoms with Gasteiger partial charge >= 0.3 is 11.7 Å². The maximum atomic E-state index is 12.1. The molecule has 1 rings (SSSR count). The van der Waals surface area contributed by atoms with Crippen molar-refractivity contribution in [2.75, 3.05) is 5.73 Å². The van der Waals surface area contributed by atoms with Crippen molar-refractivity contribution >= 4 is 11.8 Å². The lowest BCUT2D eigenvalue weighted by atomic mass is 10.3. The van der Waals surface area contributed by atoms with Crippen molar-refractivity contribution in [2.24, 2.45) is 0 Å². The van der Waals surface area contributed by atoms with Crippen molar-refractivity contribution in [3.8, 4) is 0 Å². The number of aromatic nitrogens is 2. The third-order valence-electron chi connectivity index (χ3n) is 2.82. The first-order chi connectivity index (χ1) is 8.97. The Bertz CT molecular complexity index is 559. The number of carboxylic acid groups (broad SMARTS) is 1. The molecule has 0 spiro atoms. The van der Waals surface area contributed by atoms with E-state index in [2.05, 4.69) is 0 Å². The minimum absolute atomic E-state index is 0.0782. The van der Waals surface area contributed by atoms with Crippen LogP contribution in [0.1, 0.15) is 32.6 Å². The van der Waals surface area contributed by atoms with E-state index in [1.165, 1.54) is 10.6 Å². The minimum atomic E-state index is -0.949. The van der Waals surface area contributed by atoms with Crippen molar-refractivity contribution in [1.82, 2.24) is 9.13 Å². The summed E-state index contributed by atoms with van der Waals surface area (Å²) in [7, 11) is 0. The van der Waals surface area contributed by atoms with Gasteiger partial charge in [-0.25, -0.2) is 4.79 Å². The van der Waals surface area contributed by atoms with E-state index in [0.717, 1.165) is 17.4 Å². The molecule has 0 amide bonds. The third-order valence-corrected chi connectivity index (χ3v) is 2.82. The Kier molecular flexibility index (Phi) is 5.35. The number of aliphatic carboxylic acids is 1. The smallest absolute Gasteiger partial charge is 0.332 e. The van der Waals surface area contributed by atoms with Gasteiger partial charge in [0.15, 0.2) is 0 Å². The molecule has 0 aliphatic rings. The first kappa shape index (κ1) is 15.0. The zero-order valence-electron chi connectivity index (χ0n) is 11.0. The van der Waals surface area contributed by atoms with E-state index in [1.54, 1.807) is 0 Å². The Morgan fingerprint density at radius 1 is 1.26 bits per heavy atom. The highest BCUT2D eigenvalue weighted by molar-refractivity contribution is 5.66. The van der Waals surface area contributed by atoms with Gasteiger partial charge in [0, 0.05) is 25.6 Å². The number of rotatable bonds is 7. The highest BCUT2D eigenvalue weighted by Crippen LogP contribution is 1.99. The lowest BCUT2D eigenvalue weighted by Crippen LogP contribution is -2.40. The van der Waals surface area contributed by atoms with Crippen LogP contribution < -0.4 is 17.0 Å². The number of anilines is 1. The molecule has 106 valence electrons. The summed E-state index contributed by atoms with van der Waals surface area (Å²) in [5.74, 6) is -0.798. The van der Waals surface area contributed by atoms with Crippen LogP contribution in [-0.4, -0.2) is 20.2 Å². The summed E-state index contributed by atoms with van der Waals surface area (Å²) in [5.41, 5.74) is 4.71. The number of carbonyl (C=O) groups is 1. The summed E-state index contributed by atoms with van der Waals surface area (Å²) < 4.78 is 2.39. The Morgan fingerprint density at radius 3 is 2.47 bits per heavy atom. The molecule has 0 saturated heterocycles. The average Bonchev–Trinajstić information content (AvgIpc) is 2.32. The number of nitrogens with two attached hydrogens (primary N) is 1. The van der Waals surface area contributed by atoms with Crippen LogP contribution in [0.25, 0.3) is 0 Å². The SMILES string of the molecule is CCCCn1c(N)cc(=O)n(CCCC(=O)O)c1=O. The number of carboxylic acids is 1. The molecule has 0 unspecified atom stereocenters. The van der Waals surface area contributed by atoms with Crippen molar-refractivity contribution in [1.29, 1.82) is 0 Å². The lowest BCUT2D eigenvalue weighted by molar-refractivity contribution is -0.137. The molecule has 0 fully saturated rings. The fourth-order valence-electron chi connectivity index (χ4n) is 1.77. The molecule has 0 aliphatic heterocycles. The van der Waals surface area contributed by atoms with Gasteiger partial charge in [-0.2, -0.15) is 0 Å². The molecule has 7 nitrogen and oxygen atoms in total. The number of hydrogen-bond donors (Lipinski definition) is 2. The molecular formula is C12H19N3O4. The first-order valence-corrected chi connectivity index (χ1v) is 6.29. The average molecular weight is 269 g/mol. The highest BCUT2D eigenvalue weighted by atomic mass is 16.4. The van der Waals surface area contributed by atoms with E-state index in [-0.39, 0.29) is 25.2 Å². The molecule has 19 heavy (non-hydrogen) atoms. The molecule has 7 heteroatoms. The van der Waals surface area contributed by atoms with Gasteiger partial charge < -0.3 is 10.8 Å². The van der Waals surface area contributed by atoms with E-state index >= 15 is 0 Å². The summed E-state index contributed by atoms with van der Waals surface area (Å²) >= 11 is 0. The van der Waals surface area contributed by atoms with E-state index in [0.29, 0.717) is 6.54 Å². The molecule has 0 aliphatic carbocycles. The molecule has 1 aromatic heterocycles. The molecule has 0 atom stereocenters. The highest BCUT2D eigenvalue weighted by Gasteiger charge is 2.09. The fraction of sp³-hybridized carbons (Fsp3) is 0.583. The number of hydrogen-bond acceptors (Lipinski definition) is 4. The van der Waals surface area contributed by atoms with Crippen LogP contribution in [-0.2, 0) is 17.9 Å². The van der Waals surface area contributed by atoms with Crippen molar-refractivity contribution in [3.05, 3.63) is 26.9 Å². The van der Waals surface area contributed by atoms with Crippen LogP contribution in [0.2, 0.25) is 0 Å². The molecule has 3 N–H and O–H groups in total. The van der Waals surface area contributed by atoms with Crippen LogP contribution in [0, 0.1) is 0 Å². The predicted molar refractivity (Wildman–Crippen MR) is 71.2 cm³/mol. The standard InChI is InChI=1S/C12H19N3O4/c1-2-3-6-14-9(13)8-10(16)15(12(14)19)7-4-5-11(17)18/h8H,2-7,13H2,1H3,(H,17,18).